The van der Waals surface area contributed by atoms with Gasteiger partial charge in [-0.3, -0.25) is 9.59 Å². The van der Waals surface area contributed by atoms with Gasteiger partial charge >= 0.3 is 11.9 Å². The second-order valence-electron chi connectivity index (χ2n) is 5.70. The molecule has 0 aromatic rings. The normalized spacial score (nSPS) is 30.8. The van der Waals surface area contributed by atoms with Crippen LogP contribution in [-0.4, -0.2) is 22.2 Å². The lowest BCUT2D eigenvalue weighted by Crippen LogP contribution is -2.29. The van der Waals surface area contributed by atoms with E-state index in [9.17, 15) is 9.59 Å². The van der Waals surface area contributed by atoms with Crippen LogP contribution >= 0.6 is 0 Å². The summed E-state index contributed by atoms with van der Waals surface area (Å²) in [6.07, 6.45) is 4.82. The summed E-state index contributed by atoms with van der Waals surface area (Å²) in [7, 11) is 0. The van der Waals surface area contributed by atoms with Crippen molar-refractivity contribution >= 4 is 11.9 Å². The molecule has 0 aromatic carbocycles. The van der Waals surface area contributed by atoms with Crippen LogP contribution in [0.2, 0.25) is 0 Å². The maximum atomic E-state index is 10.8. The molecule has 1 unspecified atom stereocenters. The third-order valence-electron chi connectivity index (χ3n) is 4.14. The Morgan fingerprint density at radius 2 is 1.82 bits per heavy atom. The van der Waals surface area contributed by atoms with Gasteiger partial charge in [-0.2, -0.15) is 0 Å². The van der Waals surface area contributed by atoms with Gasteiger partial charge in [0.15, 0.2) is 0 Å². The lowest BCUT2D eigenvalue weighted by atomic mass is 9.69. The molecule has 4 nitrogen and oxygen atoms in total. The van der Waals surface area contributed by atoms with E-state index < -0.39 is 11.9 Å². The number of carbonyl (C=O) groups is 2. The highest BCUT2D eigenvalue weighted by Crippen LogP contribution is 2.42. The lowest BCUT2D eigenvalue weighted by molar-refractivity contribution is -0.143. The number of carboxylic acids is 2. The molecule has 98 valence electrons. The summed E-state index contributed by atoms with van der Waals surface area (Å²) in [6.45, 7) is 3.88. The van der Waals surface area contributed by atoms with Gasteiger partial charge in [0.1, 0.15) is 0 Å². The maximum Gasteiger partial charge on any atom is 0.306 e. The van der Waals surface area contributed by atoms with Crippen LogP contribution in [0.15, 0.2) is 0 Å². The Kier molecular flexibility index (Phi) is 4.54. The summed E-state index contributed by atoms with van der Waals surface area (Å²) >= 11 is 0. The van der Waals surface area contributed by atoms with Crippen molar-refractivity contribution in [2.24, 2.45) is 17.3 Å². The monoisotopic (exact) mass is 242 g/mol. The second kappa shape index (κ2) is 5.52. The number of rotatable bonds is 5. The zero-order valence-corrected chi connectivity index (χ0v) is 10.6. The van der Waals surface area contributed by atoms with E-state index in [1.165, 1.54) is 0 Å². The van der Waals surface area contributed by atoms with E-state index in [0.29, 0.717) is 6.42 Å². The Morgan fingerprint density at radius 1 is 1.29 bits per heavy atom. The van der Waals surface area contributed by atoms with Crippen molar-refractivity contribution in [3.63, 3.8) is 0 Å². The molecular formula is C13H22O4. The van der Waals surface area contributed by atoms with Gasteiger partial charge in [-0.25, -0.2) is 0 Å². The predicted octanol–water partition coefficient (Wildman–Crippen LogP) is 2.77. The third kappa shape index (κ3) is 4.02. The molecule has 0 amide bonds. The predicted molar refractivity (Wildman–Crippen MR) is 63.7 cm³/mol. The molecule has 1 saturated carbocycles. The Labute approximate surface area is 102 Å². The molecular weight excluding hydrogens is 220 g/mol. The zero-order valence-electron chi connectivity index (χ0n) is 10.6. The molecule has 0 heterocycles. The van der Waals surface area contributed by atoms with Crippen molar-refractivity contribution in [3.8, 4) is 0 Å². The van der Waals surface area contributed by atoms with E-state index >= 15 is 0 Å². The summed E-state index contributed by atoms with van der Waals surface area (Å²) in [5.74, 6) is -1.93. The van der Waals surface area contributed by atoms with Gasteiger partial charge < -0.3 is 10.2 Å². The van der Waals surface area contributed by atoms with Crippen molar-refractivity contribution in [2.75, 3.05) is 0 Å². The molecule has 1 atom stereocenters. The molecule has 17 heavy (non-hydrogen) atoms. The van der Waals surface area contributed by atoms with Gasteiger partial charge in [0, 0.05) is 0 Å². The minimum atomic E-state index is -0.743. The molecule has 0 radical (unpaired) electrons. The summed E-state index contributed by atoms with van der Waals surface area (Å²) in [6, 6.07) is 0. The first kappa shape index (κ1) is 14.0. The molecule has 1 aliphatic carbocycles. The zero-order chi connectivity index (χ0) is 13.1. The molecule has 1 rings (SSSR count). The van der Waals surface area contributed by atoms with E-state index in [1.54, 1.807) is 6.92 Å². The van der Waals surface area contributed by atoms with Crippen molar-refractivity contribution in [1.29, 1.82) is 0 Å². The Bertz CT molecular complexity index is 290. The molecule has 1 fully saturated rings. The summed E-state index contributed by atoms with van der Waals surface area (Å²) in [5, 5.41) is 17.8. The van der Waals surface area contributed by atoms with Crippen molar-refractivity contribution in [2.45, 2.75) is 52.4 Å². The molecule has 0 aromatic heterocycles. The quantitative estimate of drug-likeness (QED) is 0.777. The molecule has 0 saturated heterocycles. The Hall–Kier alpha value is -1.06. The first-order valence-corrected chi connectivity index (χ1v) is 6.30. The highest BCUT2D eigenvalue weighted by molar-refractivity contribution is 5.70. The fourth-order valence-corrected chi connectivity index (χ4v) is 2.50. The van der Waals surface area contributed by atoms with Crippen LogP contribution in [0.3, 0.4) is 0 Å². The van der Waals surface area contributed by atoms with Gasteiger partial charge in [0.05, 0.1) is 11.8 Å². The van der Waals surface area contributed by atoms with Crippen LogP contribution < -0.4 is 0 Å². The summed E-state index contributed by atoms with van der Waals surface area (Å²) in [4.78, 5) is 21.6. The first-order valence-electron chi connectivity index (χ1n) is 6.30. The van der Waals surface area contributed by atoms with Crippen LogP contribution in [-0.2, 0) is 9.59 Å². The van der Waals surface area contributed by atoms with E-state index in [4.69, 9.17) is 10.2 Å². The minimum Gasteiger partial charge on any atom is -0.481 e. The number of aliphatic carboxylic acids is 2. The van der Waals surface area contributed by atoms with E-state index in [2.05, 4.69) is 6.92 Å². The van der Waals surface area contributed by atoms with Crippen LogP contribution in [0.25, 0.3) is 0 Å². The highest BCUT2D eigenvalue weighted by atomic mass is 16.4. The molecule has 4 heteroatoms. The van der Waals surface area contributed by atoms with Crippen molar-refractivity contribution < 1.29 is 19.8 Å². The average Bonchev–Trinajstić information content (AvgIpc) is 2.26. The fraction of sp³-hybridized carbons (Fsp3) is 0.846. The molecule has 0 bridgehead atoms. The summed E-state index contributed by atoms with van der Waals surface area (Å²) < 4.78 is 0. The molecule has 0 spiro atoms. The minimum absolute atomic E-state index is 0.135. The number of hydrogen-bond donors (Lipinski definition) is 2. The van der Waals surface area contributed by atoms with Gasteiger partial charge in [0.2, 0.25) is 0 Å². The first-order chi connectivity index (χ1) is 7.84. The standard InChI is InChI=1S/C13H22O4/c1-9(11(14)15)3-6-13(2)7-4-10(5-8-13)12(16)17/h9-10H,3-8H2,1-2H3,(H,14,15)(H,16,17). The number of carboxylic acid groups (broad SMARTS) is 2. The Morgan fingerprint density at radius 3 is 2.24 bits per heavy atom. The van der Waals surface area contributed by atoms with Gasteiger partial charge in [-0.05, 0) is 43.9 Å². The van der Waals surface area contributed by atoms with Gasteiger partial charge in [-0.1, -0.05) is 13.8 Å². The topological polar surface area (TPSA) is 74.6 Å². The third-order valence-corrected chi connectivity index (χ3v) is 4.14. The van der Waals surface area contributed by atoms with Gasteiger partial charge in [-0.15, -0.1) is 0 Å². The SMILES string of the molecule is CC(CCC1(C)CCC(C(=O)O)CC1)C(=O)O. The van der Waals surface area contributed by atoms with Crippen molar-refractivity contribution in [3.05, 3.63) is 0 Å². The largest absolute Gasteiger partial charge is 0.481 e. The maximum absolute atomic E-state index is 10.8. The van der Waals surface area contributed by atoms with E-state index in [1.807, 2.05) is 0 Å². The molecule has 0 aliphatic heterocycles. The van der Waals surface area contributed by atoms with Crippen LogP contribution in [0.1, 0.15) is 52.4 Å². The molecule has 2 N–H and O–H groups in total. The van der Waals surface area contributed by atoms with Gasteiger partial charge in [0.25, 0.3) is 0 Å². The van der Waals surface area contributed by atoms with Crippen LogP contribution in [0, 0.1) is 17.3 Å². The average molecular weight is 242 g/mol. The molecule has 1 aliphatic rings. The smallest absolute Gasteiger partial charge is 0.306 e. The summed E-state index contributed by atoms with van der Waals surface area (Å²) in [5.41, 5.74) is 0.135. The van der Waals surface area contributed by atoms with E-state index in [-0.39, 0.29) is 17.3 Å². The van der Waals surface area contributed by atoms with Crippen LogP contribution in [0.4, 0.5) is 0 Å². The van der Waals surface area contributed by atoms with Crippen molar-refractivity contribution in [1.82, 2.24) is 0 Å². The number of hydrogen-bond acceptors (Lipinski definition) is 2. The lowest BCUT2D eigenvalue weighted by Gasteiger charge is -2.36. The Balaban J connectivity index is 2.39. The van der Waals surface area contributed by atoms with E-state index in [0.717, 1.165) is 32.1 Å². The van der Waals surface area contributed by atoms with Crippen LogP contribution in [0.5, 0.6) is 0 Å². The second-order valence-corrected chi connectivity index (χ2v) is 5.70. The highest BCUT2D eigenvalue weighted by Gasteiger charge is 2.34. The fourth-order valence-electron chi connectivity index (χ4n) is 2.50.